The largest absolute Gasteiger partial charge is 0.371 e. The lowest BCUT2D eigenvalue weighted by Crippen LogP contribution is -2.60. The first-order valence-electron chi connectivity index (χ1n) is 18.8. The molecule has 0 aliphatic carbocycles. The number of carbonyl (C=O) groups excluding carboxylic acids is 5. The number of nitrogens with one attached hydrogen (secondary N) is 1. The molecule has 5 amide bonds. The number of amides is 5. The summed E-state index contributed by atoms with van der Waals surface area (Å²) < 4.78 is 0. The number of rotatable bonds is 6. The third-order valence-electron chi connectivity index (χ3n) is 12.7. The second-order valence-corrected chi connectivity index (χ2v) is 16.2. The van der Waals surface area contributed by atoms with Gasteiger partial charge in [-0.15, -0.1) is 0 Å². The van der Waals surface area contributed by atoms with Gasteiger partial charge in [-0.1, -0.05) is 11.6 Å². The lowest BCUT2D eigenvalue weighted by Gasteiger charge is -2.51. The number of likely N-dealkylation sites (tertiary alicyclic amines) is 1. The predicted octanol–water partition coefficient (Wildman–Crippen LogP) is 4.32. The number of halogens is 1. The third kappa shape index (κ3) is 5.86. The second-order valence-electron chi connectivity index (χ2n) is 15.8. The molecule has 1 N–H and O–H groups in total. The van der Waals surface area contributed by atoms with Crippen molar-refractivity contribution in [3.8, 4) is 6.07 Å². The molecule has 6 heterocycles. The van der Waals surface area contributed by atoms with E-state index >= 15 is 0 Å². The summed E-state index contributed by atoms with van der Waals surface area (Å²) in [5, 5.41) is 12.0. The summed E-state index contributed by atoms with van der Waals surface area (Å²) in [6, 6.07) is 20.2. The Kier molecular flexibility index (Phi) is 8.38. The van der Waals surface area contributed by atoms with Crippen LogP contribution in [-0.4, -0.2) is 97.7 Å². The highest BCUT2D eigenvalue weighted by Crippen LogP contribution is 2.43. The number of hydrogen-bond acceptors (Lipinski definition) is 9. The van der Waals surface area contributed by atoms with Gasteiger partial charge in [-0.3, -0.25) is 34.2 Å². The molecule has 0 saturated carbocycles. The fourth-order valence-electron chi connectivity index (χ4n) is 9.25. The Hall–Kier alpha value is -5.41. The van der Waals surface area contributed by atoms with Crippen LogP contribution in [0.4, 0.5) is 17.1 Å². The Morgan fingerprint density at radius 3 is 2.07 bits per heavy atom. The molecule has 54 heavy (non-hydrogen) atoms. The Labute approximate surface area is 318 Å². The zero-order chi connectivity index (χ0) is 37.3. The van der Waals surface area contributed by atoms with E-state index in [1.165, 1.54) is 0 Å². The van der Waals surface area contributed by atoms with Crippen LogP contribution in [0.3, 0.4) is 0 Å². The van der Waals surface area contributed by atoms with Gasteiger partial charge >= 0.3 is 0 Å². The van der Waals surface area contributed by atoms with Crippen LogP contribution in [0.5, 0.6) is 0 Å². The standard InChI is InChI=1S/C41H40ClN7O5/c42-34-18-31(6-3-26(34)19-43)46-16-13-41(24-46)11-14-45(15-12-41)29-4-1-25(2-5-29)38(52)48-22-28(23-48)27-20-47(21-27)30-7-8-32-33(17-30)40(54)49(39(32)53)35-9-10-36(50)44-37(35)51/h1-8,17-18,27-28,35H,9-16,20-24H2,(H,44,50,51). The third-order valence-corrected chi connectivity index (χ3v) is 13.1. The number of nitriles is 1. The predicted molar refractivity (Wildman–Crippen MR) is 202 cm³/mol. The molecule has 6 aliphatic rings. The molecular formula is C41H40ClN7O5. The van der Waals surface area contributed by atoms with Crippen LogP contribution in [0.15, 0.2) is 60.7 Å². The summed E-state index contributed by atoms with van der Waals surface area (Å²) in [5.41, 5.74) is 5.13. The molecule has 1 unspecified atom stereocenters. The van der Waals surface area contributed by atoms with E-state index in [1.54, 1.807) is 18.2 Å². The molecule has 9 rings (SSSR count). The van der Waals surface area contributed by atoms with Crippen LogP contribution in [0.2, 0.25) is 5.02 Å². The molecule has 5 fully saturated rings. The van der Waals surface area contributed by atoms with E-state index in [2.05, 4.69) is 38.2 Å². The quantitative estimate of drug-likeness (QED) is 0.366. The first-order valence-corrected chi connectivity index (χ1v) is 19.2. The number of hydrogen-bond donors (Lipinski definition) is 1. The zero-order valence-electron chi connectivity index (χ0n) is 29.8. The van der Waals surface area contributed by atoms with Crippen molar-refractivity contribution >= 4 is 58.2 Å². The van der Waals surface area contributed by atoms with Gasteiger partial charge in [0, 0.05) is 93.2 Å². The number of nitrogens with zero attached hydrogens (tertiary/aromatic N) is 6. The molecular weight excluding hydrogens is 706 g/mol. The van der Waals surface area contributed by atoms with E-state index in [0.29, 0.717) is 28.0 Å². The number of anilines is 3. The Morgan fingerprint density at radius 1 is 0.759 bits per heavy atom. The monoisotopic (exact) mass is 745 g/mol. The van der Waals surface area contributed by atoms with Gasteiger partial charge in [0.25, 0.3) is 17.7 Å². The van der Waals surface area contributed by atoms with Crippen LogP contribution in [0.25, 0.3) is 0 Å². The van der Waals surface area contributed by atoms with Crippen LogP contribution in [0.1, 0.15) is 68.7 Å². The molecule has 3 aromatic rings. The van der Waals surface area contributed by atoms with E-state index in [0.717, 1.165) is 93.6 Å². The van der Waals surface area contributed by atoms with Gasteiger partial charge in [0.2, 0.25) is 11.8 Å². The Morgan fingerprint density at radius 2 is 1.39 bits per heavy atom. The lowest BCUT2D eigenvalue weighted by atomic mass is 9.77. The topological polar surface area (TPSA) is 137 Å². The fraction of sp³-hybridized carbons (Fsp3) is 0.415. The molecule has 6 aliphatic heterocycles. The number of imide groups is 2. The summed E-state index contributed by atoms with van der Waals surface area (Å²) in [7, 11) is 0. The number of carbonyl (C=O) groups is 5. The smallest absolute Gasteiger partial charge is 0.262 e. The minimum atomic E-state index is -0.981. The van der Waals surface area contributed by atoms with E-state index < -0.39 is 29.7 Å². The number of benzene rings is 3. The van der Waals surface area contributed by atoms with Crippen molar-refractivity contribution in [1.82, 2.24) is 15.1 Å². The van der Waals surface area contributed by atoms with E-state index in [1.807, 2.05) is 35.2 Å². The molecule has 3 aromatic carbocycles. The summed E-state index contributed by atoms with van der Waals surface area (Å²) in [6.07, 6.45) is 3.57. The Bertz CT molecular complexity index is 2130. The molecule has 276 valence electrons. The molecule has 0 radical (unpaired) electrons. The van der Waals surface area contributed by atoms with Crippen molar-refractivity contribution in [1.29, 1.82) is 5.26 Å². The maximum absolute atomic E-state index is 13.4. The van der Waals surface area contributed by atoms with Gasteiger partial charge in [-0.2, -0.15) is 5.26 Å². The first-order chi connectivity index (χ1) is 26.1. The van der Waals surface area contributed by atoms with E-state index in [4.69, 9.17) is 11.6 Å². The molecule has 1 atom stereocenters. The average Bonchev–Trinajstić information content (AvgIpc) is 3.66. The van der Waals surface area contributed by atoms with Crippen molar-refractivity contribution < 1.29 is 24.0 Å². The van der Waals surface area contributed by atoms with Crippen LogP contribution < -0.4 is 20.0 Å². The van der Waals surface area contributed by atoms with Crippen LogP contribution in [-0.2, 0) is 9.59 Å². The SMILES string of the molecule is N#Cc1ccc(N2CCC3(CCN(c4ccc(C(=O)N5CC(C6CN(c7ccc8c(c7)C(=O)N(C7CCC(=O)NC7=O)C8=O)C6)C5)cc4)CC3)C2)cc1Cl. The average molecular weight is 746 g/mol. The molecule has 0 aromatic heterocycles. The molecule has 12 nitrogen and oxygen atoms in total. The summed E-state index contributed by atoms with van der Waals surface area (Å²) in [4.78, 5) is 73.6. The van der Waals surface area contributed by atoms with E-state index in [-0.39, 0.29) is 35.3 Å². The van der Waals surface area contributed by atoms with Gasteiger partial charge in [0.15, 0.2) is 0 Å². The minimum Gasteiger partial charge on any atom is -0.371 e. The maximum Gasteiger partial charge on any atom is 0.262 e. The lowest BCUT2D eigenvalue weighted by molar-refractivity contribution is -0.136. The van der Waals surface area contributed by atoms with E-state index in [9.17, 15) is 29.2 Å². The molecule has 5 saturated heterocycles. The van der Waals surface area contributed by atoms with Crippen molar-refractivity contribution in [3.05, 3.63) is 87.9 Å². The highest BCUT2D eigenvalue weighted by Gasteiger charge is 2.46. The van der Waals surface area contributed by atoms with Crippen molar-refractivity contribution in [2.24, 2.45) is 17.3 Å². The zero-order valence-corrected chi connectivity index (χ0v) is 30.6. The molecule has 0 bridgehead atoms. The molecule has 1 spiro atoms. The minimum absolute atomic E-state index is 0.0582. The van der Waals surface area contributed by atoms with Crippen LogP contribution in [0, 0.1) is 28.6 Å². The van der Waals surface area contributed by atoms with Crippen molar-refractivity contribution in [2.45, 2.75) is 38.1 Å². The first kappa shape index (κ1) is 34.4. The molecule has 13 heteroatoms. The van der Waals surface area contributed by atoms with Crippen molar-refractivity contribution in [3.63, 3.8) is 0 Å². The van der Waals surface area contributed by atoms with Crippen LogP contribution >= 0.6 is 11.6 Å². The highest BCUT2D eigenvalue weighted by atomic mass is 35.5. The summed E-state index contributed by atoms with van der Waals surface area (Å²) in [6.45, 7) is 6.98. The Balaban J connectivity index is 0.740. The second kappa shape index (κ2) is 13.2. The van der Waals surface area contributed by atoms with Gasteiger partial charge in [0.05, 0.1) is 21.7 Å². The van der Waals surface area contributed by atoms with Gasteiger partial charge in [-0.05, 0) is 91.8 Å². The summed E-state index contributed by atoms with van der Waals surface area (Å²) >= 11 is 6.32. The summed E-state index contributed by atoms with van der Waals surface area (Å²) in [5.74, 6) is -1.13. The fourth-order valence-corrected chi connectivity index (χ4v) is 9.46. The van der Waals surface area contributed by atoms with Gasteiger partial charge in [-0.25, -0.2) is 0 Å². The van der Waals surface area contributed by atoms with Crippen molar-refractivity contribution in [2.75, 3.05) is 67.1 Å². The van der Waals surface area contributed by atoms with Gasteiger partial charge < -0.3 is 19.6 Å². The normalized spacial score (nSPS) is 22.7. The number of fused-ring (bicyclic) bond motifs is 1. The number of piperidine rings is 2. The highest BCUT2D eigenvalue weighted by molar-refractivity contribution is 6.32. The maximum atomic E-state index is 13.4. The van der Waals surface area contributed by atoms with Gasteiger partial charge in [0.1, 0.15) is 12.1 Å².